The summed E-state index contributed by atoms with van der Waals surface area (Å²) in [5.74, 6) is 0.656. The molecule has 5 heteroatoms. The van der Waals surface area contributed by atoms with Crippen molar-refractivity contribution in [1.29, 1.82) is 0 Å². The van der Waals surface area contributed by atoms with Crippen LogP contribution >= 0.6 is 11.6 Å². The van der Waals surface area contributed by atoms with E-state index in [4.69, 9.17) is 11.6 Å². The highest BCUT2D eigenvalue weighted by Crippen LogP contribution is 2.22. The molecule has 1 aromatic heterocycles. The second-order valence-corrected chi connectivity index (χ2v) is 6.43. The summed E-state index contributed by atoms with van der Waals surface area (Å²) < 4.78 is 2.04. The van der Waals surface area contributed by atoms with Gasteiger partial charge in [0.25, 0.3) is 0 Å². The standard InChI is InChI=1S/C15H27ClN4/c1-5-20-14(15(16)12(4)18-20)10-19-8-6-7-17-13(9-19)11(2)3/h11,13,17H,5-10H2,1-4H3. The van der Waals surface area contributed by atoms with Crippen LogP contribution in [-0.2, 0) is 13.1 Å². The second kappa shape index (κ2) is 6.92. The molecular weight excluding hydrogens is 272 g/mol. The van der Waals surface area contributed by atoms with E-state index in [1.165, 1.54) is 6.42 Å². The van der Waals surface area contributed by atoms with Crippen molar-refractivity contribution in [2.75, 3.05) is 19.6 Å². The average molecular weight is 299 g/mol. The minimum atomic E-state index is 0.565. The zero-order valence-electron chi connectivity index (χ0n) is 13.1. The van der Waals surface area contributed by atoms with Crippen LogP contribution in [0, 0.1) is 12.8 Å². The molecule has 1 saturated heterocycles. The van der Waals surface area contributed by atoms with E-state index in [0.29, 0.717) is 12.0 Å². The summed E-state index contributed by atoms with van der Waals surface area (Å²) >= 11 is 6.43. The van der Waals surface area contributed by atoms with Crippen molar-refractivity contribution in [3.8, 4) is 0 Å². The molecular formula is C15H27ClN4. The maximum absolute atomic E-state index is 6.43. The lowest BCUT2D eigenvalue weighted by Crippen LogP contribution is -2.41. The molecule has 4 nitrogen and oxygen atoms in total. The van der Waals surface area contributed by atoms with E-state index >= 15 is 0 Å². The first-order chi connectivity index (χ1) is 9.52. The van der Waals surface area contributed by atoms with Gasteiger partial charge in [-0.1, -0.05) is 25.4 Å². The van der Waals surface area contributed by atoms with E-state index in [1.807, 2.05) is 11.6 Å². The summed E-state index contributed by atoms with van der Waals surface area (Å²) in [6, 6.07) is 0.565. The molecule has 0 aromatic carbocycles. The molecule has 1 fully saturated rings. The number of nitrogens with one attached hydrogen (secondary N) is 1. The van der Waals surface area contributed by atoms with E-state index in [-0.39, 0.29) is 0 Å². The van der Waals surface area contributed by atoms with Crippen LogP contribution < -0.4 is 5.32 Å². The molecule has 0 saturated carbocycles. The van der Waals surface area contributed by atoms with Crippen LogP contribution in [0.5, 0.6) is 0 Å². The molecule has 20 heavy (non-hydrogen) atoms. The first kappa shape index (κ1) is 15.8. The van der Waals surface area contributed by atoms with Crippen LogP contribution in [-0.4, -0.2) is 40.4 Å². The van der Waals surface area contributed by atoms with Crippen molar-refractivity contribution in [3.63, 3.8) is 0 Å². The number of hydrogen-bond acceptors (Lipinski definition) is 3. The largest absolute Gasteiger partial charge is 0.312 e. The van der Waals surface area contributed by atoms with E-state index in [9.17, 15) is 0 Å². The molecule has 0 bridgehead atoms. The number of halogens is 1. The Morgan fingerprint density at radius 1 is 1.45 bits per heavy atom. The maximum atomic E-state index is 6.43. The lowest BCUT2D eigenvalue weighted by Gasteiger charge is -2.27. The molecule has 1 N–H and O–H groups in total. The van der Waals surface area contributed by atoms with Gasteiger partial charge in [-0.3, -0.25) is 9.58 Å². The molecule has 114 valence electrons. The van der Waals surface area contributed by atoms with Gasteiger partial charge in [0.15, 0.2) is 0 Å². The van der Waals surface area contributed by atoms with E-state index in [1.54, 1.807) is 0 Å². The smallest absolute Gasteiger partial charge is 0.0860 e. The van der Waals surface area contributed by atoms with Crippen LogP contribution in [0.1, 0.15) is 38.6 Å². The zero-order chi connectivity index (χ0) is 14.7. The normalized spacial score (nSPS) is 21.4. The van der Waals surface area contributed by atoms with Gasteiger partial charge in [-0.2, -0.15) is 5.10 Å². The Morgan fingerprint density at radius 2 is 2.20 bits per heavy atom. The lowest BCUT2D eigenvalue weighted by molar-refractivity contribution is 0.232. The van der Waals surface area contributed by atoms with Crippen LogP contribution in [0.25, 0.3) is 0 Å². The number of aryl methyl sites for hydroxylation is 2. The molecule has 1 aromatic rings. The summed E-state index contributed by atoms with van der Waals surface area (Å²) in [5, 5.41) is 9.00. The first-order valence-corrected chi connectivity index (χ1v) is 8.08. The fourth-order valence-corrected chi connectivity index (χ4v) is 3.04. The van der Waals surface area contributed by atoms with Crippen molar-refractivity contribution < 1.29 is 0 Å². The topological polar surface area (TPSA) is 33.1 Å². The zero-order valence-corrected chi connectivity index (χ0v) is 13.9. The van der Waals surface area contributed by atoms with Crippen molar-refractivity contribution in [1.82, 2.24) is 20.0 Å². The Hall–Kier alpha value is -0.580. The highest BCUT2D eigenvalue weighted by molar-refractivity contribution is 6.31. The summed E-state index contributed by atoms with van der Waals surface area (Å²) in [7, 11) is 0. The van der Waals surface area contributed by atoms with Crippen molar-refractivity contribution in [3.05, 3.63) is 16.4 Å². The van der Waals surface area contributed by atoms with Crippen molar-refractivity contribution in [2.45, 2.75) is 53.2 Å². The summed E-state index contributed by atoms with van der Waals surface area (Å²) in [6.07, 6.45) is 1.19. The Morgan fingerprint density at radius 3 is 2.85 bits per heavy atom. The quantitative estimate of drug-likeness (QED) is 0.928. The fourth-order valence-electron chi connectivity index (χ4n) is 2.85. The summed E-state index contributed by atoms with van der Waals surface area (Å²) in [5.41, 5.74) is 2.10. The Kier molecular flexibility index (Phi) is 5.47. The summed E-state index contributed by atoms with van der Waals surface area (Å²) in [4.78, 5) is 2.51. The molecule has 0 radical (unpaired) electrons. The highest BCUT2D eigenvalue weighted by Gasteiger charge is 2.22. The van der Waals surface area contributed by atoms with Crippen LogP contribution in [0.4, 0.5) is 0 Å². The molecule has 0 spiro atoms. The molecule has 2 rings (SSSR count). The summed E-state index contributed by atoms with van der Waals surface area (Å²) in [6.45, 7) is 13.8. The van der Waals surface area contributed by atoms with Gasteiger partial charge in [0.05, 0.1) is 16.4 Å². The van der Waals surface area contributed by atoms with Crippen LogP contribution in [0.3, 0.4) is 0 Å². The molecule has 0 amide bonds. The Bertz CT molecular complexity index is 441. The third kappa shape index (κ3) is 3.54. The Balaban J connectivity index is 2.12. The van der Waals surface area contributed by atoms with E-state index in [0.717, 1.165) is 49.1 Å². The number of aromatic nitrogens is 2. The number of hydrogen-bond donors (Lipinski definition) is 1. The molecule has 2 heterocycles. The molecule has 0 aliphatic carbocycles. The van der Waals surface area contributed by atoms with Gasteiger partial charge >= 0.3 is 0 Å². The third-order valence-electron chi connectivity index (χ3n) is 4.14. The van der Waals surface area contributed by atoms with Crippen molar-refractivity contribution >= 4 is 11.6 Å². The SMILES string of the molecule is CCn1nc(C)c(Cl)c1CN1CCCNC(C(C)C)C1. The number of rotatable bonds is 4. The Labute approximate surface area is 127 Å². The molecule has 1 atom stereocenters. The predicted molar refractivity (Wildman–Crippen MR) is 84.2 cm³/mol. The van der Waals surface area contributed by atoms with Gasteiger partial charge in [0, 0.05) is 25.7 Å². The molecule has 1 aliphatic rings. The minimum absolute atomic E-state index is 0.565. The maximum Gasteiger partial charge on any atom is 0.0860 e. The van der Waals surface area contributed by atoms with E-state index in [2.05, 4.69) is 36.1 Å². The van der Waals surface area contributed by atoms with Gasteiger partial charge in [0.2, 0.25) is 0 Å². The monoisotopic (exact) mass is 298 g/mol. The second-order valence-electron chi connectivity index (χ2n) is 6.06. The van der Waals surface area contributed by atoms with Gasteiger partial charge < -0.3 is 5.32 Å². The van der Waals surface area contributed by atoms with Crippen LogP contribution in [0.2, 0.25) is 5.02 Å². The van der Waals surface area contributed by atoms with Gasteiger partial charge in [-0.25, -0.2) is 0 Å². The van der Waals surface area contributed by atoms with Crippen molar-refractivity contribution in [2.24, 2.45) is 5.92 Å². The van der Waals surface area contributed by atoms with Crippen LogP contribution in [0.15, 0.2) is 0 Å². The lowest BCUT2D eigenvalue weighted by atomic mass is 10.0. The first-order valence-electron chi connectivity index (χ1n) is 7.70. The number of nitrogens with zero attached hydrogens (tertiary/aromatic N) is 3. The van der Waals surface area contributed by atoms with Gasteiger partial charge in [-0.05, 0) is 39.3 Å². The fraction of sp³-hybridized carbons (Fsp3) is 0.800. The molecule has 1 unspecified atom stereocenters. The average Bonchev–Trinajstić information content (AvgIpc) is 2.61. The minimum Gasteiger partial charge on any atom is -0.312 e. The van der Waals surface area contributed by atoms with Gasteiger partial charge in [0.1, 0.15) is 0 Å². The van der Waals surface area contributed by atoms with E-state index < -0.39 is 0 Å². The molecule has 1 aliphatic heterocycles. The highest BCUT2D eigenvalue weighted by atomic mass is 35.5. The third-order valence-corrected chi connectivity index (χ3v) is 4.64. The predicted octanol–water partition coefficient (Wildman–Crippen LogP) is 2.68. The van der Waals surface area contributed by atoms with Gasteiger partial charge in [-0.15, -0.1) is 0 Å².